The first-order valence-corrected chi connectivity index (χ1v) is 6.71. The largest absolute Gasteiger partial charge is 0.298 e. The van der Waals surface area contributed by atoms with Crippen LogP contribution in [0, 0.1) is 0 Å². The summed E-state index contributed by atoms with van der Waals surface area (Å²) in [6.07, 6.45) is 1.88. The molecule has 0 atom stereocenters. The van der Waals surface area contributed by atoms with E-state index in [4.69, 9.17) is 0 Å². The van der Waals surface area contributed by atoms with Crippen molar-refractivity contribution < 1.29 is 0 Å². The first-order valence-electron chi connectivity index (χ1n) is 6.71. The summed E-state index contributed by atoms with van der Waals surface area (Å²) in [6.45, 7) is 0. The van der Waals surface area contributed by atoms with Gasteiger partial charge >= 0.3 is 0 Å². The molecule has 0 fully saturated rings. The average Bonchev–Trinajstić information content (AvgIpc) is 2.45. The highest BCUT2D eigenvalue weighted by molar-refractivity contribution is 5.81. The van der Waals surface area contributed by atoms with E-state index in [2.05, 4.69) is 50.5 Å². The number of para-hydroxylation sites is 1. The van der Waals surface area contributed by atoms with Gasteiger partial charge in [-0.15, -0.1) is 0 Å². The molecule has 0 amide bonds. The lowest BCUT2D eigenvalue weighted by Gasteiger charge is -2.23. The molecule has 0 heterocycles. The smallest absolute Gasteiger partial charge is 0.132 e. The molecule has 0 N–H and O–H groups in total. The third-order valence-corrected chi connectivity index (χ3v) is 3.18. The number of quaternary nitrogens is 1. The molecule has 3 nitrogen and oxygen atoms in total. The molecule has 2 aromatic rings. The summed E-state index contributed by atoms with van der Waals surface area (Å²) in [6, 6.07) is 18.6. The molecule has 0 aliphatic carbocycles. The number of hydrogen-bond acceptors (Lipinski definition) is 2. The Bertz CT molecular complexity index is 565. The lowest BCUT2D eigenvalue weighted by atomic mass is 10.2. The van der Waals surface area contributed by atoms with Crippen LogP contribution in [0.15, 0.2) is 59.7 Å². The number of hydrazone groups is 1. The standard InChI is InChI=1S/C17H22N3/c1-19(16-8-6-5-7-9-16)18-14-15-10-12-17(13-11-15)20(2,3)4/h5-14H,1-4H3/q+1/b18-14+. The van der Waals surface area contributed by atoms with Crippen molar-refractivity contribution in [2.24, 2.45) is 5.10 Å². The van der Waals surface area contributed by atoms with Crippen molar-refractivity contribution >= 4 is 17.6 Å². The van der Waals surface area contributed by atoms with Crippen LogP contribution < -0.4 is 9.49 Å². The molecule has 0 aromatic heterocycles. The molecule has 0 unspecified atom stereocenters. The van der Waals surface area contributed by atoms with Crippen LogP contribution >= 0.6 is 0 Å². The fourth-order valence-electron chi connectivity index (χ4n) is 1.87. The van der Waals surface area contributed by atoms with Gasteiger partial charge in [0.1, 0.15) is 5.69 Å². The number of benzene rings is 2. The summed E-state index contributed by atoms with van der Waals surface area (Å²) >= 11 is 0. The molecular formula is C17H22N3+. The van der Waals surface area contributed by atoms with Crippen LogP contribution in [0.3, 0.4) is 0 Å². The van der Waals surface area contributed by atoms with Gasteiger partial charge in [0, 0.05) is 7.05 Å². The van der Waals surface area contributed by atoms with Gasteiger partial charge in [0.15, 0.2) is 0 Å². The van der Waals surface area contributed by atoms with Gasteiger partial charge in [-0.25, -0.2) is 0 Å². The van der Waals surface area contributed by atoms with Gasteiger partial charge in [-0.1, -0.05) is 18.2 Å². The summed E-state index contributed by atoms with van der Waals surface area (Å²) in [5, 5.41) is 6.33. The highest BCUT2D eigenvalue weighted by Crippen LogP contribution is 2.17. The van der Waals surface area contributed by atoms with Crippen molar-refractivity contribution in [3.8, 4) is 0 Å². The second kappa shape index (κ2) is 5.88. The zero-order chi connectivity index (χ0) is 14.6. The molecule has 0 aliphatic heterocycles. The van der Waals surface area contributed by atoms with E-state index in [1.54, 1.807) is 0 Å². The fraction of sp³-hybridized carbons (Fsp3) is 0.235. The number of nitrogens with zero attached hydrogens (tertiary/aromatic N) is 3. The SMILES string of the molecule is CN(/N=C/c1ccc([N+](C)(C)C)cc1)c1ccccc1. The predicted molar refractivity (Wildman–Crippen MR) is 88.4 cm³/mol. The maximum Gasteiger partial charge on any atom is 0.132 e. The summed E-state index contributed by atoms with van der Waals surface area (Å²) < 4.78 is 0.821. The monoisotopic (exact) mass is 268 g/mol. The van der Waals surface area contributed by atoms with Gasteiger partial charge < -0.3 is 0 Å². The van der Waals surface area contributed by atoms with Crippen LogP contribution in [0.5, 0.6) is 0 Å². The van der Waals surface area contributed by atoms with Crippen molar-refractivity contribution in [1.82, 2.24) is 4.48 Å². The lowest BCUT2D eigenvalue weighted by molar-refractivity contribution is 0.486. The Morgan fingerprint density at radius 3 is 2.05 bits per heavy atom. The van der Waals surface area contributed by atoms with Crippen molar-refractivity contribution in [2.75, 3.05) is 33.2 Å². The van der Waals surface area contributed by atoms with Crippen LogP contribution in [0.2, 0.25) is 0 Å². The topological polar surface area (TPSA) is 15.6 Å². The van der Waals surface area contributed by atoms with E-state index >= 15 is 0 Å². The van der Waals surface area contributed by atoms with Gasteiger partial charge in [-0.05, 0) is 42.0 Å². The Balaban J connectivity index is 2.08. The maximum absolute atomic E-state index is 4.46. The summed E-state index contributed by atoms with van der Waals surface area (Å²) in [5.41, 5.74) is 3.45. The van der Waals surface area contributed by atoms with Crippen molar-refractivity contribution in [1.29, 1.82) is 0 Å². The normalized spacial score (nSPS) is 11.8. The van der Waals surface area contributed by atoms with Crippen molar-refractivity contribution in [3.05, 3.63) is 60.2 Å². The van der Waals surface area contributed by atoms with Crippen LogP contribution in [0.25, 0.3) is 0 Å². The third-order valence-electron chi connectivity index (χ3n) is 3.18. The first-order chi connectivity index (χ1) is 9.47. The molecule has 3 heteroatoms. The first kappa shape index (κ1) is 14.3. The molecule has 0 radical (unpaired) electrons. The lowest BCUT2D eigenvalue weighted by Crippen LogP contribution is -2.34. The molecule has 2 aromatic carbocycles. The summed E-state index contributed by atoms with van der Waals surface area (Å²) in [4.78, 5) is 0. The highest BCUT2D eigenvalue weighted by atomic mass is 15.4. The minimum atomic E-state index is 0.821. The minimum absolute atomic E-state index is 0.821. The molecule has 0 saturated heterocycles. The number of rotatable bonds is 4. The average molecular weight is 268 g/mol. The quantitative estimate of drug-likeness (QED) is 0.472. The van der Waals surface area contributed by atoms with Crippen LogP contribution in [0.4, 0.5) is 11.4 Å². The number of hydrogen-bond donors (Lipinski definition) is 0. The van der Waals surface area contributed by atoms with Gasteiger partial charge in [0.2, 0.25) is 0 Å². The molecular weight excluding hydrogens is 246 g/mol. The summed E-state index contributed by atoms with van der Waals surface area (Å²) in [7, 11) is 8.43. The maximum atomic E-state index is 4.46. The Hall–Kier alpha value is -2.13. The molecule has 104 valence electrons. The van der Waals surface area contributed by atoms with E-state index < -0.39 is 0 Å². The Morgan fingerprint density at radius 1 is 0.900 bits per heavy atom. The van der Waals surface area contributed by atoms with Gasteiger partial charge in [-0.3, -0.25) is 9.49 Å². The van der Waals surface area contributed by atoms with E-state index in [-0.39, 0.29) is 0 Å². The second-order valence-corrected chi connectivity index (χ2v) is 5.71. The van der Waals surface area contributed by atoms with Gasteiger partial charge in [-0.2, -0.15) is 5.10 Å². The Labute approximate surface area is 121 Å². The zero-order valence-electron chi connectivity index (χ0n) is 12.6. The van der Waals surface area contributed by atoms with E-state index in [1.807, 2.05) is 48.6 Å². The van der Waals surface area contributed by atoms with Crippen LogP contribution in [-0.4, -0.2) is 34.4 Å². The fourth-order valence-corrected chi connectivity index (χ4v) is 1.87. The predicted octanol–water partition coefficient (Wildman–Crippen LogP) is 3.35. The second-order valence-electron chi connectivity index (χ2n) is 5.71. The molecule has 0 aliphatic rings. The summed E-state index contributed by atoms with van der Waals surface area (Å²) in [5.74, 6) is 0. The molecule has 20 heavy (non-hydrogen) atoms. The van der Waals surface area contributed by atoms with E-state index in [0.717, 1.165) is 15.7 Å². The minimum Gasteiger partial charge on any atom is -0.298 e. The van der Waals surface area contributed by atoms with E-state index in [1.165, 1.54) is 5.69 Å². The van der Waals surface area contributed by atoms with E-state index in [0.29, 0.717) is 0 Å². The highest BCUT2D eigenvalue weighted by Gasteiger charge is 2.10. The third kappa shape index (κ3) is 3.68. The van der Waals surface area contributed by atoms with Gasteiger partial charge in [0.05, 0.1) is 33.0 Å². The Kier molecular flexibility index (Phi) is 4.20. The van der Waals surface area contributed by atoms with Gasteiger partial charge in [0.25, 0.3) is 0 Å². The van der Waals surface area contributed by atoms with Crippen molar-refractivity contribution in [2.45, 2.75) is 0 Å². The molecule has 2 rings (SSSR count). The zero-order valence-corrected chi connectivity index (χ0v) is 12.6. The molecule has 0 saturated carbocycles. The van der Waals surface area contributed by atoms with Crippen LogP contribution in [-0.2, 0) is 0 Å². The Morgan fingerprint density at radius 2 is 1.50 bits per heavy atom. The number of anilines is 1. The van der Waals surface area contributed by atoms with E-state index in [9.17, 15) is 0 Å². The van der Waals surface area contributed by atoms with Crippen LogP contribution in [0.1, 0.15) is 5.56 Å². The van der Waals surface area contributed by atoms with Crippen molar-refractivity contribution in [3.63, 3.8) is 0 Å². The molecule has 0 bridgehead atoms. The molecule has 0 spiro atoms.